The number of benzene rings is 4. The number of aromatic nitrogens is 4. The van der Waals surface area contributed by atoms with Gasteiger partial charge in [0, 0.05) is 34.0 Å². The van der Waals surface area contributed by atoms with E-state index >= 15 is 0 Å². The minimum Gasteiger partial charge on any atom is -0.296 e. The van der Waals surface area contributed by atoms with Gasteiger partial charge in [0.15, 0.2) is 11.6 Å². The Kier molecular flexibility index (Phi) is 10.2. The third kappa shape index (κ3) is 7.67. The zero-order valence-corrected chi connectivity index (χ0v) is 25.7. The first-order valence-electron chi connectivity index (χ1n) is 13.9. The van der Waals surface area contributed by atoms with Gasteiger partial charge in [0.1, 0.15) is 17.5 Å². The van der Waals surface area contributed by atoms with Gasteiger partial charge in [-0.2, -0.15) is 0 Å². The van der Waals surface area contributed by atoms with Gasteiger partial charge in [-0.25, -0.2) is 22.8 Å². The first kappa shape index (κ1) is 32.5. The molecule has 0 unspecified atom stereocenters. The molecule has 0 amide bonds. The lowest BCUT2D eigenvalue weighted by Gasteiger charge is -2.09. The van der Waals surface area contributed by atoms with Crippen LogP contribution >= 0.6 is 23.2 Å². The van der Waals surface area contributed by atoms with E-state index in [1.165, 1.54) is 51.6 Å². The Bertz CT molecular complexity index is 2060. The highest BCUT2D eigenvalue weighted by molar-refractivity contribution is 6.31. The van der Waals surface area contributed by atoms with Crippen LogP contribution in [-0.4, -0.2) is 19.4 Å². The highest BCUT2D eigenvalue weighted by Gasteiger charge is 2.18. The number of nitrogens with zero attached hydrogens (tertiary/aromatic N) is 4. The van der Waals surface area contributed by atoms with E-state index in [4.69, 9.17) is 27.7 Å². The maximum Gasteiger partial charge on any atom is 0.441 e. The van der Waals surface area contributed by atoms with E-state index in [9.17, 15) is 22.8 Å². The molecule has 0 atom stereocenters. The molecule has 2 heterocycles. The van der Waals surface area contributed by atoms with Crippen molar-refractivity contribution in [3.8, 4) is 0 Å². The quantitative estimate of drug-likeness (QED) is 0.174. The van der Waals surface area contributed by atoms with Crippen LogP contribution in [0.25, 0.3) is 0 Å². The first-order valence-corrected chi connectivity index (χ1v) is 14.6. The van der Waals surface area contributed by atoms with Crippen molar-refractivity contribution in [1.82, 2.24) is 19.4 Å². The molecule has 0 aliphatic heterocycles. The summed E-state index contributed by atoms with van der Waals surface area (Å²) in [6.45, 7) is 2.35. The van der Waals surface area contributed by atoms with Crippen molar-refractivity contribution < 1.29 is 22.2 Å². The highest BCUT2D eigenvalue weighted by Crippen LogP contribution is 2.23. The van der Waals surface area contributed by atoms with Gasteiger partial charge in [-0.3, -0.25) is 18.2 Å². The summed E-state index contributed by atoms with van der Waals surface area (Å²) >= 11 is 12.0. The van der Waals surface area contributed by atoms with Crippen LogP contribution in [-0.2, 0) is 25.9 Å². The van der Waals surface area contributed by atoms with Crippen LogP contribution in [0.1, 0.15) is 39.5 Å². The predicted octanol–water partition coefficient (Wildman–Crippen LogP) is 6.98. The Balaban J connectivity index is 0.000000181. The van der Waals surface area contributed by atoms with Gasteiger partial charge >= 0.3 is 11.5 Å². The van der Waals surface area contributed by atoms with Gasteiger partial charge < -0.3 is 0 Å². The minimum atomic E-state index is -0.697. The topological polar surface area (TPSA) is 96.1 Å². The molecule has 0 saturated carbocycles. The molecule has 8 nitrogen and oxygen atoms in total. The summed E-state index contributed by atoms with van der Waals surface area (Å²) in [5, 5.41) is 7.97. The smallest absolute Gasteiger partial charge is 0.296 e. The van der Waals surface area contributed by atoms with Crippen LogP contribution in [0.15, 0.2) is 104 Å². The lowest BCUT2D eigenvalue weighted by molar-refractivity contribution is 0.375. The normalized spacial score (nSPS) is 10.9. The van der Waals surface area contributed by atoms with Crippen LogP contribution in [0.3, 0.4) is 0 Å². The largest absolute Gasteiger partial charge is 0.441 e. The lowest BCUT2D eigenvalue weighted by Crippen LogP contribution is -2.19. The van der Waals surface area contributed by atoms with Crippen LogP contribution in [0, 0.1) is 24.4 Å². The SMILES string of the molecule is Cc1ccccc1Cn1c(Cc2c(F)cccc2Cl)noc1=O.O=c1onc(Cc2c(F)cccc2Cl)n1Cc1cccc(F)c1. The van der Waals surface area contributed by atoms with Crippen molar-refractivity contribution in [2.45, 2.75) is 32.9 Å². The Morgan fingerprint density at radius 1 is 0.674 bits per heavy atom. The molecule has 4 aromatic carbocycles. The monoisotopic (exact) mass is 668 g/mol. The molecule has 13 heteroatoms. The van der Waals surface area contributed by atoms with E-state index in [0.29, 0.717) is 28.5 Å². The summed E-state index contributed by atoms with van der Waals surface area (Å²) in [6.07, 6.45) is 0.0791. The summed E-state index contributed by atoms with van der Waals surface area (Å²) in [5.74, 6) is -2.06. The number of hydrogen-bond donors (Lipinski definition) is 0. The van der Waals surface area contributed by atoms with E-state index in [1.807, 2.05) is 31.2 Å². The van der Waals surface area contributed by atoms with Gasteiger partial charge in [-0.1, -0.05) is 82.0 Å². The lowest BCUT2D eigenvalue weighted by atomic mass is 10.1. The maximum atomic E-state index is 13.9. The third-order valence-corrected chi connectivity index (χ3v) is 7.84. The standard InChI is InChI=1S/C17H14ClFN2O2.C16H11ClF2N2O2/c1-11-5-2-3-6-12(11)10-21-16(20-23-17(21)22)9-13-14(18)7-4-8-15(13)19;17-13-5-2-6-14(19)12(13)8-15-20-23-16(22)21(15)9-10-3-1-4-11(18)7-10/h2-8H,9-10H2,1H3;1-7H,8-9H2. The van der Waals surface area contributed by atoms with Crippen molar-refractivity contribution in [2.75, 3.05) is 0 Å². The van der Waals surface area contributed by atoms with Crippen molar-refractivity contribution in [3.05, 3.63) is 173 Å². The fourth-order valence-electron chi connectivity index (χ4n) is 4.65. The van der Waals surface area contributed by atoms with E-state index < -0.39 is 29.0 Å². The van der Waals surface area contributed by atoms with E-state index in [1.54, 1.807) is 18.2 Å². The Morgan fingerprint density at radius 2 is 1.20 bits per heavy atom. The summed E-state index contributed by atoms with van der Waals surface area (Å²) in [7, 11) is 0. The molecule has 0 saturated heterocycles. The number of hydrogen-bond acceptors (Lipinski definition) is 6. The maximum absolute atomic E-state index is 13.9. The molecule has 6 aromatic rings. The van der Waals surface area contributed by atoms with Gasteiger partial charge in [0.25, 0.3) is 0 Å². The molecule has 46 heavy (non-hydrogen) atoms. The highest BCUT2D eigenvalue weighted by atomic mass is 35.5. The molecule has 0 spiro atoms. The summed E-state index contributed by atoms with van der Waals surface area (Å²) in [5.41, 5.74) is 3.10. The Hall–Kier alpha value is -4.87. The molecule has 0 aliphatic rings. The average molecular weight is 669 g/mol. The van der Waals surface area contributed by atoms with Crippen LogP contribution in [0.5, 0.6) is 0 Å². The molecule has 0 fully saturated rings. The van der Waals surface area contributed by atoms with E-state index in [2.05, 4.69) is 14.8 Å². The summed E-state index contributed by atoms with van der Waals surface area (Å²) in [4.78, 5) is 23.7. The van der Waals surface area contributed by atoms with Crippen molar-refractivity contribution in [3.63, 3.8) is 0 Å². The molecule has 0 bridgehead atoms. The van der Waals surface area contributed by atoms with Gasteiger partial charge in [0.2, 0.25) is 0 Å². The second kappa shape index (κ2) is 14.5. The fraction of sp³-hybridized carbons (Fsp3) is 0.152. The zero-order chi connectivity index (χ0) is 32.8. The molecule has 236 valence electrons. The van der Waals surface area contributed by atoms with Gasteiger partial charge in [-0.15, -0.1) is 0 Å². The van der Waals surface area contributed by atoms with E-state index in [-0.39, 0.29) is 35.8 Å². The molecule has 0 radical (unpaired) electrons. The second-order valence-electron chi connectivity index (χ2n) is 10.2. The number of halogens is 5. The van der Waals surface area contributed by atoms with Gasteiger partial charge in [-0.05, 0) is 60.0 Å². The zero-order valence-electron chi connectivity index (χ0n) is 24.2. The van der Waals surface area contributed by atoms with Crippen molar-refractivity contribution >= 4 is 23.2 Å². The number of aryl methyl sites for hydroxylation is 1. The van der Waals surface area contributed by atoms with Gasteiger partial charge in [0.05, 0.1) is 13.1 Å². The summed E-state index contributed by atoms with van der Waals surface area (Å²) < 4.78 is 53.1. The molecule has 0 aliphatic carbocycles. The average Bonchev–Trinajstić information content (AvgIpc) is 3.55. The van der Waals surface area contributed by atoms with Crippen molar-refractivity contribution in [2.24, 2.45) is 0 Å². The van der Waals surface area contributed by atoms with Crippen molar-refractivity contribution in [1.29, 1.82) is 0 Å². The summed E-state index contributed by atoms with van der Waals surface area (Å²) in [6, 6.07) is 22.3. The van der Waals surface area contributed by atoms with Crippen LogP contribution < -0.4 is 11.5 Å². The molecular weight excluding hydrogens is 644 g/mol. The Labute approximate surface area is 270 Å². The third-order valence-electron chi connectivity index (χ3n) is 7.13. The number of rotatable bonds is 8. The minimum absolute atomic E-state index is 0.00738. The fourth-order valence-corrected chi connectivity index (χ4v) is 5.11. The second-order valence-corrected chi connectivity index (χ2v) is 11.0. The predicted molar refractivity (Wildman–Crippen MR) is 166 cm³/mol. The molecule has 6 rings (SSSR count). The molecule has 2 aromatic heterocycles. The first-order chi connectivity index (χ1) is 22.1. The Morgan fingerprint density at radius 3 is 1.72 bits per heavy atom. The van der Waals surface area contributed by atoms with Crippen LogP contribution in [0.4, 0.5) is 13.2 Å². The van der Waals surface area contributed by atoms with E-state index in [0.717, 1.165) is 11.1 Å². The van der Waals surface area contributed by atoms with Crippen LogP contribution in [0.2, 0.25) is 10.0 Å². The molecule has 0 N–H and O–H groups in total. The molecular formula is C33H25Cl2F3N4O4.